The van der Waals surface area contributed by atoms with Crippen LogP contribution in [0.4, 0.5) is 5.69 Å². The van der Waals surface area contributed by atoms with Crippen LogP contribution in [-0.4, -0.2) is 19.6 Å². The van der Waals surface area contributed by atoms with Crippen LogP contribution in [0.1, 0.15) is 38.2 Å². The van der Waals surface area contributed by atoms with Gasteiger partial charge < -0.3 is 15.8 Å². The zero-order chi connectivity index (χ0) is 14.4. The Hall–Kier alpha value is -0.820. The van der Waals surface area contributed by atoms with E-state index in [1.807, 2.05) is 24.3 Å². The van der Waals surface area contributed by atoms with Gasteiger partial charge in [-0.25, -0.2) is 0 Å². The standard InChI is InChI=1S/C16H25N3O.HI/c1-16(9-5-6-10-16)12-18-15(17)19-14-8-4-3-7-13(14)11-20-2;/h3-4,7-8H,5-6,9-12H2,1-2H3,(H3,17,18,19);1H. The number of rotatable bonds is 5. The van der Waals surface area contributed by atoms with E-state index in [0.717, 1.165) is 17.8 Å². The summed E-state index contributed by atoms with van der Waals surface area (Å²) < 4.78 is 5.19. The van der Waals surface area contributed by atoms with E-state index in [1.54, 1.807) is 7.11 Å². The molecule has 0 amide bonds. The Morgan fingerprint density at radius 1 is 1.33 bits per heavy atom. The third kappa shape index (κ3) is 5.47. The molecule has 3 N–H and O–H groups in total. The van der Waals surface area contributed by atoms with E-state index < -0.39 is 0 Å². The molecule has 1 aliphatic carbocycles. The van der Waals surface area contributed by atoms with Crippen molar-refractivity contribution in [1.29, 1.82) is 0 Å². The fourth-order valence-electron chi connectivity index (χ4n) is 2.76. The summed E-state index contributed by atoms with van der Waals surface area (Å²) in [6, 6.07) is 7.99. The van der Waals surface area contributed by atoms with Gasteiger partial charge >= 0.3 is 0 Å². The van der Waals surface area contributed by atoms with Gasteiger partial charge in [0.2, 0.25) is 0 Å². The molecule has 0 heterocycles. The Morgan fingerprint density at radius 3 is 2.67 bits per heavy atom. The first-order chi connectivity index (χ1) is 9.63. The summed E-state index contributed by atoms with van der Waals surface area (Å²) >= 11 is 0. The van der Waals surface area contributed by atoms with Gasteiger partial charge in [-0.05, 0) is 24.3 Å². The number of nitrogens with zero attached hydrogens (tertiary/aromatic N) is 1. The summed E-state index contributed by atoms with van der Waals surface area (Å²) in [5.41, 5.74) is 8.39. The summed E-state index contributed by atoms with van der Waals surface area (Å²) in [5.74, 6) is 0.488. The zero-order valence-corrected chi connectivity index (χ0v) is 15.2. The molecule has 21 heavy (non-hydrogen) atoms. The molecule has 0 spiro atoms. The lowest BCUT2D eigenvalue weighted by atomic mass is 9.89. The molecule has 1 aliphatic rings. The van der Waals surface area contributed by atoms with Crippen molar-refractivity contribution < 1.29 is 4.74 Å². The molecule has 1 fully saturated rings. The molecule has 0 radical (unpaired) electrons. The predicted molar refractivity (Wildman–Crippen MR) is 99.3 cm³/mol. The second-order valence-electron chi connectivity index (χ2n) is 5.93. The van der Waals surface area contributed by atoms with Gasteiger partial charge in [-0.15, -0.1) is 24.0 Å². The molecule has 0 aromatic heterocycles. The van der Waals surface area contributed by atoms with E-state index in [9.17, 15) is 0 Å². The molecule has 2 rings (SSSR count). The predicted octanol–water partition coefficient (Wildman–Crippen LogP) is 3.76. The molecular weight excluding hydrogens is 377 g/mol. The fraction of sp³-hybridized carbons (Fsp3) is 0.562. The maximum Gasteiger partial charge on any atom is 0.193 e. The Balaban J connectivity index is 0.00000220. The van der Waals surface area contributed by atoms with Crippen molar-refractivity contribution >= 4 is 35.6 Å². The average molecular weight is 403 g/mol. The molecule has 0 saturated heterocycles. The Bertz CT molecular complexity index is 470. The van der Waals surface area contributed by atoms with Crippen LogP contribution in [0.2, 0.25) is 0 Å². The van der Waals surface area contributed by atoms with Crippen LogP contribution in [0.25, 0.3) is 0 Å². The molecule has 1 aromatic carbocycles. The number of halogens is 1. The molecule has 4 nitrogen and oxygen atoms in total. The van der Waals surface area contributed by atoms with E-state index in [1.165, 1.54) is 25.7 Å². The normalized spacial score (nSPS) is 17.3. The number of aliphatic imine (C=N–C) groups is 1. The van der Waals surface area contributed by atoms with Crippen molar-refractivity contribution in [2.75, 3.05) is 19.0 Å². The minimum atomic E-state index is 0. The maximum absolute atomic E-state index is 6.01. The van der Waals surface area contributed by atoms with Gasteiger partial charge in [0.25, 0.3) is 0 Å². The van der Waals surface area contributed by atoms with Gasteiger partial charge in [-0.2, -0.15) is 0 Å². The first-order valence-electron chi connectivity index (χ1n) is 7.27. The molecule has 0 unspecified atom stereocenters. The molecule has 1 aromatic rings. The van der Waals surface area contributed by atoms with Crippen LogP contribution in [0.15, 0.2) is 29.3 Å². The number of hydrogen-bond acceptors (Lipinski definition) is 2. The van der Waals surface area contributed by atoms with E-state index in [2.05, 4.69) is 17.2 Å². The molecule has 0 aliphatic heterocycles. The molecule has 0 bridgehead atoms. The second kappa shape index (κ2) is 8.58. The first-order valence-corrected chi connectivity index (χ1v) is 7.27. The second-order valence-corrected chi connectivity index (χ2v) is 5.93. The summed E-state index contributed by atoms with van der Waals surface area (Å²) in [5, 5.41) is 3.18. The Morgan fingerprint density at radius 2 is 2.00 bits per heavy atom. The lowest BCUT2D eigenvalue weighted by Crippen LogP contribution is -2.26. The number of methoxy groups -OCH3 is 1. The topological polar surface area (TPSA) is 59.6 Å². The highest BCUT2D eigenvalue weighted by Gasteiger charge is 2.28. The summed E-state index contributed by atoms with van der Waals surface area (Å²) in [7, 11) is 1.69. The number of anilines is 1. The van der Waals surface area contributed by atoms with Crippen LogP contribution in [0.5, 0.6) is 0 Å². The Kier molecular flexibility index (Phi) is 7.45. The van der Waals surface area contributed by atoms with Crippen LogP contribution >= 0.6 is 24.0 Å². The minimum absolute atomic E-state index is 0. The highest BCUT2D eigenvalue weighted by molar-refractivity contribution is 14.0. The monoisotopic (exact) mass is 403 g/mol. The highest BCUT2D eigenvalue weighted by Crippen LogP contribution is 2.37. The lowest BCUT2D eigenvalue weighted by Gasteiger charge is -2.21. The molecule has 118 valence electrons. The van der Waals surface area contributed by atoms with Gasteiger partial charge in [0, 0.05) is 24.9 Å². The molecular formula is C16H26IN3O. The van der Waals surface area contributed by atoms with Gasteiger partial charge in [0.1, 0.15) is 0 Å². The van der Waals surface area contributed by atoms with Gasteiger partial charge in [0.05, 0.1) is 6.61 Å². The Labute approximate surface area is 144 Å². The first kappa shape index (κ1) is 18.2. The van der Waals surface area contributed by atoms with Gasteiger partial charge in [0.15, 0.2) is 5.96 Å². The van der Waals surface area contributed by atoms with Crippen molar-refractivity contribution in [1.82, 2.24) is 0 Å². The van der Waals surface area contributed by atoms with E-state index >= 15 is 0 Å². The van der Waals surface area contributed by atoms with Crippen LogP contribution in [-0.2, 0) is 11.3 Å². The lowest BCUT2D eigenvalue weighted by molar-refractivity contribution is 0.185. The third-order valence-corrected chi connectivity index (χ3v) is 4.02. The molecule has 0 atom stereocenters. The number of nitrogens with two attached hydrogens (primary N) is 1. The molecule has 5 heteroatoms. The number of hydrogen-bond donors (Lipinski definition) is 2. The van der Waals surface area contributed by atoms with E-state index in [4.69, 9.17) is 10.5 Å². The quantitative estimate of drug-likeness (QED) is 0.447. The maximum atomic E-state index is 6.01. The van der Waals surface area contributed by atoms with Crippen LogP contribution in [0, 0.1) is 5.41 Å². The summed E-state index contributed by atoms with van der Waals surface area (Å²) in [6.45, 7) is 3.67. The number of benzene rings is 1. The fourth-order valence-corrected chi connectivity index (χ4v) is 2.76. The van der Waals surface area contributed by atoms with Crippen molar-refractivity contribution in [3.05, 3.63) is 29.8 Å². The van der Waals surface area contributed by atoms with Crippen molar-refractivity contribution in [2.45, 2.75) is 39.2 Å². The number of guanidine groups is 1. The SMILES string of the molecule is COCc1ccccc1NC(N)=NCC1(C)CCCC1.I. The van der Waals surface area contributed by atoms with Crippen LogP contribution in [0.3, 0.4) is 0 Å². The average Bonchev–Trinajstić information content (AvgIpc) is 2.87. The minimum Gasteiger partial charge on any atom is -0.380 e. The van der Waals surface area contributed by atoms with Crippen LogP contribution < -0.4 is 11.1 Å². The highest BCUT2D eigenvalue weighted by atomic mass is 127. The smallest absolute Gasteiger partial charge is 0.193 e. The van der Waals surface area contributed by atoms with Crippen molar-refractivity contribution in [3.8, 4) is 0 Å². The number of ether oxygens (including phenoxy) is 1. The summed E-state index contributed by atoms with van der Waals surface area (Å²) in [6.07, 6.45) is 5.14. The van der Waals surface area contributed by atoms with Gasteiger partial charge in [-0.1, -0.05) is 38.0 Å². The largest absolute Gasteiger partial charge is 0.380 e. The van der Waals surface area contributed by atoms with Gasteiger partial charge in [-0.3, -0.25) is 4.99 Å². The number of nitrogens with one attached hydrogen (secondary N) is 1. The zero-order valence-electron chi connectivity index (χ0n) is 12.9. The van der Waals surface area contributed by atoms with E-state index in [-0.39, 0.29) is 24.0 Å². The van der Waals surface area contributed by atoms with Crippen molar-refractivity contribution in [3.63, 3.8) is 0 Å². The third-order valence-electron chi connectivity index (χ3n) is 4.02. The number of para-hydroxylation sites is 1. The van der Waals surface area contributed by atoms with E-state index in [0.29, 0.717) is 18.0 Å². The van der Waals surface area contributed by atoms with Crippen molar-refractivity contribution in [2.24, 2.45) is 16.1 Å². The summed E-state index contributed by atoms with van der Waals surface area (Å²) in [4.78, 5) is 4.52. The molecule has 1 saturated carbocycles.